The van der Waals surface area contributed by atoms with E-state index in [2.05, 4.69) is 11.7 Å². The van der Waals surface area contributed by atoms with Crippen molar-refractivity contribution in [3.8, 4) is 11.5 Å². The van der Waals surface area contributed by atoms with Crippen molar-refractivity contribution in [2.45, 2.75) is 58.0 Å². The molecule has 0 aliphatic heterocycles. The van der Waals surface area contributed by atoms with Crippen molar-refractivity contribution in [3.63, 3.8) is 0 Å². The Morgan fingerprint density at radius 3 is 2.39 bits per heavy atom. The molecule has 1 fully saturated rings. The number of carbonyl (C=O) groups is 1. The summed E-state index contributed by atoms with van der Waals surface area (Å²) in [5.74, 6) is -0.290. The van der Waals surface area contributed by atoms with Gasteiger partial charge in [0.1, 0.15) is 5.75 Å². The maximum Gasteiger partial charge on any atom is 0.387 e. The number of hydrogen-bond donors (Lipinski definition) is 0. The van der Waals surface area contributed by atoms with Crippen LogP contribution in [-0.2, 0) is 0 Å². The second-order valence-corrected chi connectivity index (χ2v) is 8.66. The summed E-state index contributed by atoms with van der Waals surface area (Å²) in [7, 11) is 0. The number of halogens is 3. The Hall–Kier alpha value is -3.02. The highest BCUT2D eigenvalue weighted by molar-refractivity contribution is 5.92. The van der Waals surface area contributed by atoms with Gasteiger partial charge in [0.15, 0.2) is 11.6 Å². The summed E-state index contributed by atoms with van der Waals surface area (Å²) in [5.41, 5.74) is 1.69. The first-order valence-corrected chi connectivity index (χ1v) is 11.4. The number of hydrogen-bond acceptors (Lipinski definition) is 3. The van der Waals surface area contributed by atoms with Crippen LogP contribution in [0.4, 0.5) is 13.2 Å². The largest absolute Gasteiger partial charge is 0.432 e. The molecule has 4 rings (SSSR count). The van der Waals surface area contributed by atoms with Gasteiger partial charge < -0.3 is 9.47 Å². The van der Waals surface area contributed by atoms with Gasteiger partial charge >= 0.3 is 12.6 Å². The minimum atomic E-state index is -3.11. The van der Waals surface area contributed by atoms with Gasteiger partial charge in [0.2, 0.25) is 0 Å². The number of ether oxygens (including phenoxy) is 2. The molecule has 0 bridgehead atoms. The van der Waals surface area contributed by atoms with Gasteiger partial charge in [-0.15, -0.1) is 0 Å². The van der Waals surface area contributed by atoms with Crippen LogP contribution in [0.15, 0.2) is 54.6 Å². The van der Waals surface area contributed by atoms with Crippen LogP contribution in [0.2, 0.25) is 0 Å². The van der Waals surface area contributed by atoms with Gasteiger partial charge in [-0.2, -0.15) is 8.78 Å². The number of fused-ring (bicyclic) bond motifs is 1. The summed E-state index contributed by atoms with van der Waals surface area (Å²) >= 11 is 0. The van der Waals surface area contributed by atoms with Gasteiger partial charge in [-0.3, -0.25) is 0 Å². The predicted molar refractivity (Wildman–Crippen MR) is 122 cm³/mol. The molecule has 33 heavy (non-hydrogen) atoms. The van der Waals surface area contributed by atoms with E-state index in [-0.39, 0.29) is 11.1 Å². The SMILES string of the molecule is CCCC1CCC(c2ccc(C(=O)Oc3ccc4c(F)c(OC(F)F)ccc4c3)cc2)CC1. The first-order valence-electron chi connectivity index (χ1n) is 11.4. The molecule has 1 aliphatic rings. The zero-order valence-corrected chi connectivity index (χ0v) is 18.5. The Balaban J connectivity index is 1.41. The molecule has 0 N–H and O–H groups in total. The summed E-state index contributed by atoms with van der Waals surface area (Å²) in [5, 5.41) is 0.513. The molecular formula is C27H27F3O3. The Morgan fingerprint density at radius 1 is 1.00 bits per heavy atom. The summed E-state index contributed by atoms with van der Waals surface area (Å²) in [6, 6.07) is 14.4. The fraction of sp³-hybridized carbons (Fsp3) is 0.370. The molecule has 3 aromatic carbocycles. The molecule has 3 aromatic rings. The van der Waals surface area contributed by atoms with Crippen LogP contribution in [0, 0.1) is 11.7 Å². The molecule has 1 aliphatic carbocycles. The van der Waals surface area contributed by atoms with Gasteiger partial charge in [0, 0.05) is 5.39 Å². The van der Waals surface area contributed by atoms with E-state index >= 15 is 0 Å². The number of rotatable bonds is 7. The van der Waals surface area contributed by atoms with E-state index in [0.29, 0.717) is 16.9 Å². The zero-order chi connectivity index (χ0) is 23.4. The molecule has 1 saturated carbocycles. The summed E-state index contributed by atoms with van der Waals surface area (Å²) in [4.78, 5) is 12.6. The van der Waals surface area contributed by atoms with Crippen molar-refractivity contribution in [2.24, 2.45) is 5.92 Å². The fourth-order valence-electron chi connectivity index (χ4n) is 4.75. The van der Waals surface area contributed by atoms with E-state index in [4.69, 9.17) is 4.74 Å². The monoisotopic (exact) mass is 456 g/mol. The second-order valence-electron chi connectivity index (χ2n) is 8.66. The molecule has 0 saturated heterocycles. The van der Waals surface area contributed by atoms with Crippen LogP contribution in [-0.4, -0.2) is 12.6 Å². The average Bonchev–Trinajstić information content (AvgIpc) is 2.81. The topological polar surface area (TPSA) is 35.5 Å². The average molecular weight is 457 g/mol. The molecule has 0 aromatic heterocycles. The number of alkyl halides is 2. The van der Waals surface area contributed by atoms with Gasteiger partial charge in [0.05, 0.1) is 5.56 Å². The van der Waals surface area contributed by atoms with Gasteiger partial charge in [-0.25, -0.2) is 9.18 Å². The van der Waals surface area contributed by atoms with E-state index in [0.717, 1.165) is 12.0 Å². The minimum absolute atomic E-state index is 0.103. The molecule has 0 unspecified atom stereocenters. The van der Waals surface area contributed by atoms with E-state index in [1.54, 1.807) is 12.1 Å². The normalized spacial score (nSPS) is 18.5. The van der Waals surface area contributed by atoms with E-state index in [1.165, 1.54) is 68.4 Å². The molecule has 0 radical (unpaired) electrons. The molecule has 0 heterocycles. The van der Waals surface area contributed by atoms with Crippen LogP contribution in [0.1, 0.15) is 67.3 Å². The Morgan fingerprint density at radius 2 is 1.73 bits per heavy atom. The maximum atomic E-state index is 14.4. The zero-order valence-electron chi connectivity index (χ0n) is 18.5. The Kier molecular flexibility index (Phi) is 7.21. The lowest BCUT2D eigenvalue weighted by Gasteiger charge is -2.28. The minimum Gasteiger partial charge on any atom is -0.432 e. The lowest BCUT2D eigenvalue weighted by atomic mass is 9.77. The molecular weight excluding hydrogens is 429 g/mol. The van der Waals surface area contributed by atoms with Crippen molar-refractivity contribution >= 4 is 16.7 Å². The number of benzene rings is 3. The first kappa shape index (κ1) is 23.1. The van der Waals surface area contributed by atoms with Gasteiger partial charge in [0.25, 0.3) is 0 Å². The summed E-state index contributed by atoms with van der Waals surface area (Å²) in [6.45, 7) is -0.874. The van der Waals surface area contributed by atoms with E-state index in [9.17, 15) is 18.0 Å². The third kappa shape index (κ3) is 5.49. The van der Waals surface area contributed by atoms with Gasteiger partial charge in [-0.05, 0) is 84.9 Å². The van der Waals surface area contributed by atoms with Crippen LogP contribution in [0.3, 0.4) is 0 Å². The smallest absolute Gasteiger partial charge is 0.387 e. The third-order valence-electron chi connectivity index (χ3n) is 6.48. The first-order chi connectivity index (χ1) is 15.9. The highest BCUT2D eigenvalue weighted by atomic mass is 19.3. The Labute approximate surface area is 191 Å². The molecule has 6 heteroatoms. The van der Waals surface area contributed by atoms with Crippen LogP contribution < -0.4 is 9.47 Å². The molecule has 0 spiro atoms. The second kappa shape index (κ2) is 10.3. The third-order valence-corrected chi connectivity index (χ3v) is 6.48. The molecule has 0 atom stereocenters. The van der Waals surface area contributed by atoms with Crippen molar-refractivity contribution in [2.75, 3.05) is 0 Å². The van der Waals surface area contributed by atoms with Crippen molar-refractivity contribution in [1.29, 1.82) is 0 Å². The highest BCUT2D eigenvalue weighted by Gasteiger charge is 2.22. The van der Waals surface area contributed by atoms with E-state index in [1.807, 2.05) is 12.1 Å². The quantitative estimate of drug-likeness (QED) is 0.268. The number of esters is 1. The number of carbonyl (C=O) groups excluding carboxylic acids is 1. The fourth-order valence-corrected chi connectivity index (χ4v) is 4.75. The van der Waals surface area contributed by atoms with Crippen molar-refractivity contribution < 1.29 is 27.4 Å². The predicted octanol–water partition coefficient (Wildman–Crippen LogP) is 7.87. The summed E-state index contributed by atoms with van der Waals surface area (Å²) in [6.07, 6.45) is 7.45. The van der Waals surface area contributed by atoms with Crippen LogP contribution in [0.5, 0.6) is 11.5 Å². The van der Waals surface area contributed by atoms with E-state index < -0.39 is 24.1 Å². The van der Waals surface area contributed by atoms with Crippen LogP contribution >= 0.6 is 0 Å². The summed E-state index contributed by atoms with van der Waals surface area (Å²) < 4.78 is 48.8. The molecule has 174 valence electrons. The van der Waals surface area contributed by atoms with Crippen molar-refractivity contribution in [3.05, 3.63) is 71.5 Å². The maximum absolute atomic E-state index is 14.4. The lowest BCUT2D eigenvalue weighted by Crippen LogP contribution is -2.13. The standard InChI is InChI=1S/C27H27F3O3/c1-2-3-17-4-6-18(7-5-17)19-8-10-20(11-9-19)26(31)32-22-13-14-23-21(16-22)12-15-24(25(23)28)33-27(29)30/h8-18,27H,2-7H2,1H3. The Bertz CT molecular complexity index is 1100. The lowest BCUT2D eigenvalue weighted by molar-refractivity contribution is -0.0520. The molecule has 3 nitrogen and oxygen atoms in total. The van der Waals surface area contributed by atoms with Crippen molar-refractivity contribution in [1.82, 2.24) is 0 Å². The molecule has 0 amide bonds. The van der Waals surface area contributed by atoms with Gasteiger partial charge in [-0.1, -0.05) is 38.0 Å². The van der Waals surface area contributed by atoms with Crippen LogP contribution in [0.25, 0.3) is 10.8 Å². The highest BCUT2D eigenvalue weighted by Crippen LogP contribution is 2.37.